The van der Waals surface area contributed by atoms with E-state index in [0.717, 1.165) is 0 Å². The second-order valence-corrected chi connectivity index (χ2v) is 0. The fraction of sp³-hybridized carbons (Fsp3) is 0. The smallest absolute Gasteiger partial charge is 2.00 e. The van der Waals surface area contributed by atoms with Gasteiger partial charge in [0.2, 0.25) is 0 Å². The van der Waals surface area contributed by atoms with Gasteiger partial charge in [-0.3, -0.25) is 0 Å². The van der Waals surface area contributed by atoms with Gasteiger partial charge in [-0.25, -0.2) is 0 Å². The largest absolute Gasteiger partial charge is 3.00 e. The quantitative estimate of drug-likeness (QED) is 0.331. The van der Waals surface area contributed by atoms with E-state index in [1.165, 1.54) is 0 Å². The van der Waals surface area contributed by atoms with Crippen molar-refractivity contribution in [1.29, 1.82) is 0 Å². The molecular formula is Al2N2O3. The molecule has 0 heterocycles. The Morgan fingerprint density at radius 1 is 0.429 bits per heavy atom. The van der Waals surface area contributed by atoms with Crippen LogP contribution >= 0.6 is 0 Å². The Morgan fingerprint density at radius 3 is 0.429 bits per heavy atom. The maximum Gasteiger partial charge on any atom is 3.00 e. The second-order valence-electron chi connectivity index (χ2n) is 0. The van der Waals surface area contributed by atoms with Gasteiger partial charge < -0.3 is 16.4 Å². The summed E-state index contributed by atoms with van der Waals surface area (Å²) in [5.74, 6) is 0. The van der Waals surface area contributed by atoms with Gasteiger partial charge in [0.25, 0.3) is 0 Å². The molecule has 0 saturated heterocycles. The SMILES string of the molecule is [Al+3].[Al+3].[N].[N].[O-2].[O-2].[O-2]. The third kappa shape index (κ3) is 217. The van der Waals surface area contributed by atoms with E-state index < -0.39 is 0 Å². The Kier molecular flexibility index (Phi) is 22300. The average molecular weight is 130 g/mol. The molecule has 0 aromatic rings. The van der Waals surface area contributed by atoms with Crippen molar-refractivity contribution in [1.82, 2.24) is 12.3 Å². The zero-order valence-electron chi connectivity index (χ0n) is 3.27. The van der Waals surface area contributed by atoms with Crippen LogP contribution in [0, 0.1) is 0 Å². The van der Waals surface area contributed by atoms with E-state index in [4.69, 9.17) is 0 Å². The predicted octanol–water partition coefficient (Wildman–Crippen LogP) is -2.08. The van der Waals surface area contributed by atoms with Crippen molar-refractivity contribution in [3.05, 3.63) is 0 Å². The van der Waals surface area contributed by atoms with Gasteiger partial charge in [0.05, 0.1) is 0 Å². The van der Waals surface area contributed by atoms with Crippen LogP contribution in [0.15, 0.2) is 0 Å². The summed E-state index contributed by atoms with van der Waals surface area (Å²) >= 11 is 0. The molecule has 0 saturated carbocycles. The summed E-state index contributed by atoms with van der Waals surface area (Å²) in [5, 5.41) is 0. The summed E-state index contributed by atoms with van der Waals surface area (Å²) in [7, 11) is 0. The number of hydrogen-bond donors (Lipinski definition) is 0. The topological polar surface area (TPSA) is 146 Å². The molecule has 7 heteroatoms. The third-order valence-corrected chi connectivity index (χ3v) is 0. The van der Waals surface area contributed by atoms with Crippen LogP contribution in [0.5, 0.6) is 0 Å². The Labute approximate surface area is 63.8 Å². The molecule has 0 fully saturated rings. The monoisotopic (exact) mass is 130 g/mol. The minimum absolute atomic E-state index is 0. The summed E-state index contributed by atoms with van der Waals surface area (Å²) in [6.07, 6.45) is 0. The summed E-state index contributed by atoms with van der Waals surface area (Å²) < 4.78 is 0. The van der Waals surface area contributed by atoms with Crippen LogP contribution in [-0.2, 0) is 16.4 Å². The van der Waals surface area contributed by atoms with Crippen molar-refractivity contribution < 1.29 is 16.4 Å². The van der Waals surface area contributed by atoms with Crippen LogP contribution in [0.1, 0.15) is 0 Å². The van der Waals surface area contributed by atoms with E-state index in [9.17, 15) is 0 Å². The standard InChI is InChI=1S/2Al.2N.3O/q2*+3;;;3*-2. The maximum absolute atomic E-state index is 0. The molecule has 0 aromatic carbocycles. The van der Waals surface area contributed by atoms with Crippen molar-refractivity contribution in [2.24, 2.45) is 0 Å². The number of nitrogens with zero attached hydrogens (tertiary/aromatic N) is 2. The molecule has 0 spiro atoms. The Morgan fingerprint density at radius 2 is 0.429 bits per heavy atom. The zero-order valence-corrected chi connectivity index (χ0v) is 5.58. The molecule has 0 aromatic heterocycles. The Balaban J connectivity index is 0. The van der Waals surface area contributed by atoms with Crippen molar-refractivity contribution in [2.45, 2.75) is 0 Å². The van der Waals surface area contributed by atoms with Crippen molar-refractivity contribution in [3.8, 4) is 0 Å². The minimum Gasteiger partial charge on any atom is -2.00 e. The molecule has 7 heavy (non-hydrogen) atoms. The van der Waals surface area contributed by atoms with Crippen LogP contribution in [0.25, 0.3) is 0 Å². The summed E-state index contributed by atoms with van der Waals surface area (Å²) in [5.41, 5.74) is 0. The average Bonchev–Trinajstić information content (AvgIpc) is 0. The normalized spacial score (nSPS) is 0. The first kappa shape index (κ1) is 495. The van der Waals surface area contributed by atoms with Gasteiger partial charge in [-0.1, -0.05) is 0 Å². The van der Waals surface area contributed by atoms with Gasteiger partial charge in [-0.15, -0.1) is 0 Å². The first-order valence-corrected chi connectivity index (χ1v) is 0. The van der Waals surface area contributed by atoms with Gasteiger partial charge in [0.1, 0.15) is 0 Å². The summed E-state index contributed by atoms with van der Waals surface area (Å²) in [4.78, 5) is 0. The van der Waals surface area contributed by atoms with Gasteiger partial charge in [0.15, 0.2) is 0 Å². The molecule has 0 aliphatic carbocycles. The van der Waals surface area contributed by atoms with Gasteiger partial charge in [-0.2, -0.15) is 0 Å². The van der Waals surface area contributed by atoms with E-state index >= 15 is 0 Å². The second kappa shape index (κ2) is 316. The van der Waals surface area contributed by atoms with Crippen LogP contribution < -0.4 is 12.3 Å². The molecule has 6 radical (unpaired) electrons. The maximum atomic E-state index is 0. The third-order valence-electron chi connectivity index (χ3n) is 0. The van der Waals surface area contributed by atoms with Crippen molar-refractivity contribution in [3.63, 3.8) is 0 Å². The number of hydrogen-bond acceptors (Lipinski definition) is 0. The Hall–Kier alpha value is 0.865. The van der Waals surface area contributed by atoms with Crippen LogP contribution in [0.4, 0.5) is 0 Å². The molecule has 0 atom stereocenters. The fourth-order valence-corrected chi connectivity index (χ4v) is 0. The molecule has 34 valence electrons. The molecule has 0 amide bonds. The van der Waals surface area contributed by atoms with Crippen molar-refractivity contribution in [2.75, 3.05) is 0 Å². The molecule has 0 rings (SSSR count). The van der Waals surface area contributed by atoms with Crippen molar-refractivity contribution >= 4 is 34.7 Å². The molecular weight excluding hydrogens is 130 g/mol. The van der Waals surface area contributed by atoms with E-state index in [2.05, 4.69) is 0 Å². The van der Waals surface area contributed by atoms with Gasteiger partial charge >= 0.3 is 34.7 Å². The van der Waals surface area contributed by atoms with Crippen LogP contribution in [-0.4, -0.2) is 34.7 Å². The van der Waals surface area contributed by atoms with E-state index in [1.54, 1.807) is 0 Å². The van der Waals surface area contributed by atoms with Crippen LogP contribution in [0.2, 0.25) is 0 Å². The minimum atomic E-state index is 0. The summed E-state index contributed by atoms with van der Waals surface area (Å²) in [6, 6.07) is 0. The van der Waals surface area contributed by atoms with Gasteiger partial charge in [-0.05, 0) is 0 Å². The zero-order chi connectivity index (χ0) is 0. The molecule has 5 nitrogen and oxygen atoms in total. The molecule has 0 aliphatic heterocycles. The first-order valence-electron chi connectivity index (χ1n) is 0. The molecule has 0 N–H and O–H groups in total. The molecule has 0 unspecified atom stereocenters. The van der Waals surface area contributed by atoms with E-state index in [0.29, 0.717) is 0 Å². The summed E-state index contributed by atoms with van der Waals surface area (Å²) in [6.45, 7) is 0. The van der Waals surface area contributed by atoms with Crippen LogP contribution in [0.3, 0.4) is 0 Å². The molecule has 0 aliphatic rings. The molecule has 0 bridgehead atoms. The Bertz CT molecular complexity index is 10.9. The van der Waals surface area contributed by atoms with Gasteiger partial charge in [0, 0.05) is 12.3 Å². The first-order chi connectivity index (χ1) is 0. The van der Waals surface area contributed by atoms with E-state index in [1.807, 2.05) is 0 Å². The van der Waals surface area contributed by atoms with E-state index in [-0.39, 0.29) is 63.5 Å². The predicted molar refractivity (Wildman–Crippen MR) is 17.8 cm³/mol. The fourth-order valence-electron chi connectivity index (χ4n) is 0. The number of rotatable bonds is 0.